The van der Waals surface area contributed by atoms with Crippen molar-refractivity contribution in [2.75, 3.05) is 5.32 Å². The number of carbonyl (C=O) groups excluding carboxylic acids is 1. The lowest BCUT2D eigenvalue weighted by Gasteiger charge is -2.23. The van der Waals surface area contributed by atoms with Crippen LogP contribution in [0.5, 0.6) is 5.75 Å². The molecule has 6 nitrogen and oxygen atoms in total. The fourth-order valence-electron chi connectivity index (χ4n) is 3.66. The molecule has 1 aliphatic rings. The SMILES string of the molecule is O=C(Nc1ccc(Cl)cc1Cl)c1c(O)c2c(n(Cc3ccco3)c1=O)CCCC2. The van der Waals surface area contributed by atoms with E-state index in [2.05, 4.69) is 5.32 Å². The van der Waals surface area contributed by atoms with Crippen molar-refractivity contribution in [1.29, 1.82) is 0 Å². The van der Waals surface area contributed by atoms with Gasteiger partial charge >= 0.3 is 0 Å². The molecule has 0 saturated heterocycles. The number of nitrogens with one attached hydrogen (secondary N) is 1. The summed E-state index contributed by atoms with van der Waals surface area (Å²) in [5.41, 5.74) is 0.812. The third-order valence-electron chi connectivity index (χ3n) is 5.05. The second-order valence-corrected chi connectivity index (χ2v) is 7.75. The molecule has 0 spiro atoms. The van der Waals surface area contributed by atoms with Crippen molar-refractivity contribution in [3.05, 3.63) is 79.6 Å². The van der Waals surface area contributed by atoms with Gasteiger partial charge in [0.15, 0.2) is 0 Å². The minimum absolute atomic E-state index is 0.191. The minimum atomic E-state index is -0.724. The molecule has 0 atom stereocenters. The lowest BCUT2D eigenvalue weighted by Crippen LogP contribution is -2.34. The number of rotatable bonds is 4. The number of amides is 1. The fourth-order valence-corrected chi connectivity index (χ4v) is 4.11. The highest BCUT2D eigenvalue weighted by Gasteiger charge is 2.28. The normalized spacial score (nSPS) is 13.2. The van der Waals surface area contributed by atoms with Gasteiger partial charge in [0.05, 0.1) is 23.5 Å². The molecule has 0 fully saturated rings. The summed E-state index contributed by atoms with van der Waals surface area (Å²) in [5, 5.41) is 14.0. The van der Waals surface area contributed by atoms with Crippen LogP contribution in [-0.4, -0.2) is 15.6 Å². The third kappa shape index (κ3) is 3.78. The quantitative estimate of drug-likeness (QED) is 0.628. The average molecular weight is 433 g/mol. The van der Waals surface area contributed by atoms with E-state index in [-0.39, 0.29) is 22.9 Å². The zero-order chi connectivity index (χ0) is 20.5. The Morgan fingerprint density at radius 1 is 1.21 bits per heavy atom. The van der Waals surface area contributed by atoms with E-state index in [9.17, 15) is 14.7 Å². The summed E-state index contributed by atoms with van der Waals surface area (Å²) in [5.74, 6) is -0.390. The smallest absolute Gasteiger partial charge is 0.267 e. The summed E-state index contributed by atoms with van der Waals surface area (Å²) in [6.45, 7) is 0.191. The maximum Gasteiger partial charge on any atom is 0.267 e. The van der Waals surface area contributed by atoms with E-state index in [1.165, 1.54) is 16.9 Å². The number of furan rings is 1. The molecule has 1 aromatic carbocycles. The molecular weight excluding hydrogens is 415 g/mol. The van der Waals surface area contributed by atoms with Crippen molar-refractivity contribution in [2.45, 2.75) is 32.2 Å². The number of fused-ring (bicyclic) bond motifs is 1. The summed E-state index contributed by atoms with van der Waals surface area (Å²) < 4.78 is 6.90. The molecule has 0 bridgehead atoms. The highest BCUT2D eigenvalue weighted by Crippen LogP contribution is 2.32. The molecule has 0 aliphatic heterocycles. The number of aromatic hydroxyl groups is 1. The minimum Gasteiger partial charge on any atom is -0.507 e. The highest BCUT2D eigenvalue weighted by atomic mass is 35.5. The van der Waals surface area contributed by atoms with Gasteiger partial charge in [0.25, 0.3) is 11.5 Å². The standard InChI is InChI=1S/C21H18Cl2N2O4/c22-12-7-8-16(15(23)10-12)24-20(27)18-19(26)14-5-1-2-6-17(14)25(21(18)28)11-13-4-3-9-29-13/h3-4,7-10,26H,1-2,5-6,11H2,(H,24,27). The first-order valence-corrected chi connectivity index (χ1v) is 9.97. The first-order valence-electron chi connectivity index (χ1n) is 9.22. The van der Waals surface area contributed by atoms with Crippen molar-refractivity contribution in [2.24, 2.45) is 0 Å². The van der Waals surface area contributed by atoms with Crippen molar-refractivity contribution in [3.8, 4) is 5.75 Å². The second-order valence-electron chi connectivity index (χ2n) is 6.90. The van der Waals surface area contributed by atoms with E-state index in [1.54, 1.807) is 24.3 Å². The van der Waals surface area contributed by atoms with Crippen LogP contribution < -0.4 is 10.9 Å². The van der Waals surface area contributed by atoms with Gasteiger partial charge in [0, 0.05) is 16.3 Å². The van der Waals surface area contributed by atoms with Crippen molar-refractivity contribution in [1.82, 2.24) is 4.57 Å². The Kier molecular flexibility index (Phi) is 5.39. The van der Waals surface area contributed by atoms with Crippen LogP contribution in [0.2, 0.25) is 10.0 Å². The molecule has 0 radical (unpaired) electrons. The van der Waals surface area contributed by atoms with Gasteiger partial charge in [-0.15, -0.1) is 0 Å². The number of carbonyl (C=O) groups is 1. The van der Waals surface area contributed by atoms with Gasteiger partial charge < -0.3 is 19.4 Å². The lowest BCUT2D eigenvalue weighted by atomic mass is 9.93. The third-order valence-corrected chi connectivity index (χ3v) is 5.59. The van der Waals surface area contributed by atoms with Crippen LogP contribution in [0.3, 0.4) is 0 Å². The summed E-state index contributed by atoms with van der Waals surface area (Å²) >= 11 is 12.0. The van der Waals surface area contributed by atoms with Crippen LogP contribution in [0.15, 0.2) is 45.8 Å². The average Bonchev–Trinajstić information content (AvgIpc) is 3.21. The monoisotopic (exact) mass is 432 g/mol. The number of benzene rings is 1. The molecule has 1 aliphatic carbocycles. The zero-order valence-electron chi connectivity index (χ0n) is 15.4. The maximum atomic E-state index is 13.2. The summed E-state index contributed by atoms with van der Waals surface area (Å²) in [6.07, 6.45) is 4.58. The number of aromatic nitrogens is 1. The number of halogens is 2. The maximum absolute atomic E-state index is 13.2. The Morgan fingerprint density at radius 2 is 2.00 bits per heavy atom. The molecule has 2 aromatic heterocycles. The van der Waals surface area contributed by atoms with Crippen LogP contribution in [0, 0.1) is 0 Å². The van der Waals surface area contributed by atoms with Crippen molar-refractivity contribution in [3.63, 3.8) is 0 Å². The van der Waals surface area contributed by atoms with Crippen LogP contribution in [0.4, 0.5) is 5.69 Å². The number of nitrogens with zero attached hydrogens (tertiary/aromatic N) is 1. The van der Waals surface area contributed by atoms with Crippen molar-refractivity contribution >= 4 is 34.8 Å². The van der Waals surface area contributed by atoms with Crippen molar-refractivity contribution < 1.29 is 14.3 Å². The van der Waals surface area contributed by atoms with Gasteiger partial charge in [0.2, 0.25) is 0 Å². The molecule has 2 N–H and O–H groups in total. The number of hydrogen-bond acceptors (Lipinski definition) is 4. The van der Waals surface area contributed by atoms with Gasteiger partial charge in [-0.1, -0.05) is 23.2 Å². The summed E-state index contributed by atoms with van der Waals surface area (Å²) in [6, 6.07) is 8.11. The van der Waals surface area contributed by atoms with E-state index in [1.807, 2.05) is 0 Å². The first-order chi connectivity index (χ1) is 14.0. The molecule has 0 unspecified atom stereocenters. The molecule has 8 heteroatoms. The zero-order valence-corrected chi connectivity index (χ0v) is 16.9. The van der Waals surface area contributed by atoms with Gasteiger partial charge in [-0.2, -0.15) is 0 Å². The van der Waals surface area contributed by atoms with E-state index in [0.29, 0.717) is 34.9 Å². The van der Waals surface area contributed by atoms with E-state index in [0.717, 1.165) is 18.5 Å². The predicted octanol–water partition coefficient (Wildman–Crippen LogP) is 4.63. The van der Waals surface area contributed by atoms with E-state index in [4.69, 9.17) is 27.6 Å². The molecule has 150 valence electrons. The lowest BCUT2D eigenvalue weighted by molar-refractivity contribution is 0.102. The summed E-state index contributed by atoms with van der Waals surface area (Å²) in [7, 11) is 0. The number of pyridine rings is 1. The number of hydrogen-bond donors (Lipinski definition) is 2. The fraction of sp³-hybridized carbons (Fsp3) is 0.238. The largest absolute Gasteiger partial charge is 0.507 e. The van der Waals surface area contributed by atoms with E-state index >= 15 is 0 Å². The van der Waals surface area contributed by atoms with Crippen LogP contribution in [0.1, 0.15) is 40.2 Å². The highest BCUT2D eigenvalue weighted by molar-refractivity contribution is 6.36. The molecular formula is C21H18Cl2N2O4. The summed E-state index contributed by atoms with van der Waals surface area (Å²) in [4.78, 5) is 26.1. The molecule has 0 saturated carbocycles. The molecule has 29 heavy (non-hydrogen) atoms. The molecule has 2 heterocycles. The van der Waals surface area contributed by atoms with Crippen LogP contribution in [-0.2, 0) is 19.4 Å². The van der Waals surface area contributed by atoms with Gasteiger partial charge in [-0.3, -0.25) is 9.59 Å². The molecule has 3 aromatic rings. The van der Waals surface area contributed by atoms with E-state index < -0.39 is 11.5 Å². The predicted molar refractivity (Wildman–Crippen MR) is 111 cm³/mol. The van der Waals surface area contributed by atoms with Gasteiger partial charge in [-0.05, 0) is 56.0 Å². The Balaban J connectivity index is 1.80. The Bertz CT molecular complexity index is 1140. The topological polar surface area (TPSA) is 84.5 Å². The molecule has 4 rings (SSSR count). The Labute approximate surface area is 176 Å². The Morgan fingerprint density at radius 3 is 2.72 bits per heavy atom. The van der Waals surface area contributed by atoms with Crippen LogP contribution in [0.25, 0.3) is 0 Å². The van der Waals surface area contributed by atoms with Gasteiger partial charge in [0.1, 0.15) is 17.1 Å². The first kappa shape index (κ1) is 19.6. The second kappa shape index (κ2) is 7.97. The Hall–Kier alpha value is -2.70. The number of anilines is 1. The van der Waals surface area contributed by atoms with Crippen LogP contribution >= 0.6 is 23.2 Å². The van der Waals surface area contributed by atoms with Gasteiger partial charge in [-0.25, -0.2) is 0 Å². The molecule has 1 amide bonds.